The number of ether oxygens (including phenoxy) is 6. The molecule has 7 nitrogen and oxygen atoms in total. The number of halogens is 2. The first-order valence-electron chi connectivity index (χ1n) is 17.0. The van der Waals surface area contributed by atoms with E-state index in [0.717, 1.165) is 47.1 Å². The van der Waals surface area contributed by atoms with E-state index in [1.807, 2.05) is 44.2 Å². The molecule has 1 saturated heterocycles. The monoisotopic (exact) mass is 691 g/mol. The standard InChI is InChI=1S/C42H39F2NO6/c1-41(2)36-31(21-26(43)22-32(36)44)34-30-23-33(47-4)39(48-5)40(49-6)35(30)38-29(37(34)41)15-16-42(51-38,25-9-13-28(46-3)14-10-25)24-7-11-27(12-8-24)45-17-19-50-20-18-45/h7-16,21-23H,17-20H2,1-6H3. The number of fused-ring (bicyclic) bond motifs is 8. The number of rotatable bonds is 7. The molecular formula is C42H39F2NO6. The highest BCUT2D eigenvalue weighted by Crippen LogP contribution is 2.62. The van der Waals surface area contributed by atoms with Crippen LogP contribution in [0.2, 0.25) is 0 Å². The van der Waals surface area contributed by atoms with Crippen molar-refractivity contribution in [2.24, 2.45) is 0 Å². The quantitative estimate of drug-likeness (QED) is 0.169. The second-order valence-corrected chi connectivity index (χ2v) is 13.5. The van der Waals surface area contributed by atoms with Crippen LogP contribution in [0.4, 0.5) is 14.5 Å². The van der Waals surface area contributed by atoms with Crippen molar-refractivity contribution in [1.82, 2.24) is 0 Å². The minimum absolute atomic E-state index is 0.376. The highest BCUT2D eigenvalue weighted by Gasteiger charge is 2.46. The molecular weight excluding hydrogens is 652 g/mol. The van der Waals surface area contributed by atoms with Crippen LogP contribution in [0.5, 0.6) is 28.7 Å². The molecule has 2 aliphatic heterocycles. The van der Waals surface area contributed by atoms with Gasteiger partial charge in [-0.05, 0) is 59.2 Å². The molecule has 0 aromatic heterocycles. The van der Waals surface area contributed by atoms with Crippen LogP contribution in [0.25, 0.3) is 28.0 Å². The number of hydrogen-bond acceptors (Lipinski definition) is 7. The van der Waals surface area contributed by atoms with Crippen molar-refractivity contribution in [1.29, 1.82) is 0 Å². The normalized spacial score (nSPS) is 18.5. The van der Waals surface area contributed by atoms with E-state index in [-0.39, 0.29) is 0 Å². The molecule has 0 N–H and O–H groups in total. The molecule has 1 atom stereocenters. The number of anilines is 1. The van der Waals surface area contributed by atoms with Crippen molar-refractivity contribution in [3.63, 3.8) is 0 Å². The summed E-state index contributed by atoms with van der Waals surface area (Å²) >= 11 is 0. The lowest BCUT2D eigenvalue weighted by Crippen LogP contribution is -2.37. The van der Waals surface area contributed by atoms with E-state index in [2.05, 4.69) is 41.3 Å². The van der Waals surface area contributed by atoms with Gasteiger partial charge in [0.25, 0.3) is 0 Å². The number of nitrogens with zero attached hydrogens (tertiary/aromatic N) is 1. The van der Waals surface area contributed by atoms with Gasteiger partial charge in [-0.25, -0.2) is 8.78 Å². The lowest BCUT2D eigenvalue weighted by atomic mass is 9.76. The largest absolute Gasteiger partial charge is 0.497 e. The molecule has 1 unspecified atom stereocenters. The summed E-state index contributed by atoms with van der Waals surface area (Å²) in [5.74, 6) is 1.16. The van der Waals surface area contributed by atoms with Crippen LogP contribution in [-0.4, -0.2) is 54.7 Å². The van der Waals surface area contributed by atoms with Gasteiger partial charge < -0.3 is 33.3 Å². The van der Waals surface area contributed by atoms with Crippen molar-refractivity contribution in [3.8, 4) is 39.9 Å². The first-order chi connectivity index (χ1) is 24.7. The maximum Gasteiger partial charge on any atom is 0.204 e. The predicted octanol–water partition coefficient (Wildman–Crippen LogP) is 8.64. The molecule has 0 amide bonds. The minimum atomic E-state index is -1.10. The third-order valence-corrected chi connectivity index (χ3v) is 10.6. The fraction of sp³-hybridized carbons (Fsp3) is 0.286. The summed E-state index contributed by atoms with van der Waals surface area (Å²) in [5, 5.41) is 1.26. The lowest BCUT2D eigenvalue weighted by Gasteiger charge is -2.39. The van der Waals surface area contributed by atoms with E-state index in [4.69, 9.17) is 28.4 Å². The maximum absolute atomic E-state index is 15.9. The first kappa shape index (κ1) is 32.9. The Labute approximate surface area is 295 Å². The Kier molecular flexibility index (Phi) is 7.87. The van der Waals surface area contributed by atoms with Crippen molar-refractivity contribution in [2.75, 3.05) is 59.6 Å². The van der Waals surface area contributed by atoms with Crippen LogP contribution in [0.3, 0.4) is 0 Å². The average Bonchev–Trinajstić information content (AvgIpc) is 3.40. The Morgan fingerprint density at radius 1 is 0.745 bits per heavy atom. The van der Waals surface area contributed by atoms with Gasteiger partial charge in [0.05, 0.1) is 47.0 Å². The van der Waals surface area contributed by atoms with Gasteiger partial charge in [-0.15, -0.1) is 0 Å². The van der Waals surface area contributed by atoms with Crippen molar-refractivity contribution >= 4 is 22.5 Å². The van der Waals surface area contributed by atoms with E-state index < -0.39 is 22.7 Å². The van der Waals surface area contributed by atoms with E-state index in [1.54, 1.807) is 28.4 Å². The Hall–Kier alpha value is -5.28. The number of morpholine rings is 1. The Bertz CT molecular complexity index is 2210. The molecule has 0 radical (unpaired) electrons. The Balaban J connectivity index is 1.44. The highest BCUT2D eigenvalue weighted by atomic mass is 19.1. The van der Waals surface area contributed by atoms with Gasteiger partial charge >= 0.3 is 0 Å². The molecule has 5 aromatic carbocycles. The fourth-order valence-electron chi connectivity index (χ4n) is 8.27. The van der Waals surface area contributed by atoms with E-state index in [0.29, 0.717) is 69.4 Å². The van der Waals surface area contributed by atoms with Gasteiger partial charge in [-0.2, -0.15) is 0 Å². The highest BCUT2D eigenvalue weighted by molar-refractivity contribution is 6.12. The summed E-state index contributed by atoms with van der Waals surface area (Å²) in [4.78, 5) is 2.31. The molecule has 51 heavy (non-hydrogen) atoms. The minimum Gasteiger partial charge on any atom is -0.497 e. The summed E-state index contributed by atoms with van der Waals surface area (Å²) in [5.41, 5.74) is 4.07. The number of hydrogen-bond donors (Lipinski definition) is 0. The van der Waals surface area contributed by atoms with Crippen LogP contribution in [0.1, 0.15) is 41.7 Å². The lowest BCUT2D eigenvalue weighted by molar-refractivity contribution is 0.122. The molecule has 1 aliphatic carbocycles. The van der Waals surface area contributed by atoms with Gasteiger partial charge in [0.15, 0.2) is 17.1 Å². The third kappa shape index (κ3) is 4.85. The van der Waals surface area contributed by atoms with Gasteiger partial charge in [0, 0.05) is 57.9 Å². The smallest absolute Gasteiger partial charge is 0.204 e. The average molecular weight is 692 g/mol. The Morgan fingerprint density at radius 3 is 2.04 bits per heavy atom. The van der Waals surface area contributed by atoms with E-state index in [1.165, 1.54) is 6.07 Å². The molecule has 1 fully saturated rings. The zero-order valence-electron chi connectivity index (χ0n) is 29.5. The second-order valence-electron chi connectivity index (χ2n) is 13.5. The van der Waals surface area contributed by atoms with Crippen LogP contribution >= 0.6 is 0 Å². The summed E-state index contributed by atoms with van der Waals surface area (Å²) in [7, 11) is 6.30. The molecule has 0 bridgehead atoms. The molecule has 3 aliphatic rings. The zero-order valence-corrected chi connectivity index (χ0v) is 29.5. The SMILES string of the molecule is COc1ccc(C2(c3ccc(N4CCOCC4)cc3)C=Cc3c4c(c5cc(OC)c(OC)c(OC)c5c3O2)-c2cc(F)cc(F)c2C4(C)C)cc1. The van der Waals surface area contributed by atoms with Crippen LogP contribution in [0.15, 0.2) is 72.8 Å². The first-order valence-corrected chi connectivity index (χ1v) is 17.0. The predicted molar refractivity (Wildman–Crippen MR) is 194 cm³/mol. The topological polar surface area (TPSA) is 58.6 Å². The van der Waals surface area contributed by atoms with Gasteiger partial charge in [0.2, 0.25) is 5.75 Å². The summed E-state index contributed by atoms with van der Waals surface area (Å²) in [6.07, 6.45) is 4.10. The number of benzene rings is 5. The van der Waals surface area contributed by atoms with Crippen molar-refractivity contribution in [2.45, 2.75) is 24.9 Å². The second kappa shape index (κ2) is 12.2. The molecule has 262 valence electrons. The third-order valence-electron chi connectivity index (χ3n) is 10.6. The van der Waals surface area contributed by atoms with Gasteiger partial charge in [-0.1, -0.05) is 44.2 Å². The van der Waals surface area contributed by atoms with Gasteiger partial charge in [0.1, 0.15) is 23.1 Å². The molecule has 0 spiro atoms. The summed E-state index contributed by atoms with van der Waals surface area (Å²) < 4.78 is 67.2. The van der Waals surface area contributed by atoms with Crippen LogP contribution in [0, 0.1) is 11.6 Å². The molecule has 5 aromatic rings. The fourth-order valence-corrected chi connectivity index (χ4v) is 8.27. The molecule has 2 heterocycles. The molecule has 0 saturated carbocycles. The van der Waals surface area contributed by atoms with Crippen LogP contribution < -0.4 is 28.6 Å². The van der Waals surface area contributed by atoms with Gasteiger partial charge in [-0.3, -0.25) is 0 Å². The molecule has 9 heteroatoms. The van der Waals surface area contributed by atoms with Crippen molar-refractivity contribution < 1.29 is 37.2 Å². The molecule has 8 rings (SSSR count). The van der Waals surface area contributed by atoms with Crippen LogP contribution in [-0.2, 0) is 15.8 Å². The summed E-state index contributed by atoms with van der Waals surface area (Å²) in [6.45, 7) is 6.93. The zero-order chi connectivity index (χ0) is 35.7. The maximum atomic E-state index is 15.9. The summed E-state index contributed by atoms with van der Waals surface area (Å²) in [6, 6.07) is 20.5. The van der Waals surface area contributed by atoms with Crippen molar-refractivity contribution in [3.05, 3.63) is 112 Å². The van der Waals surface area contributed by atoms with E-state index >= 15 is 8.78 Å². The van der Waals surface area contributed by atoms with E-state index in [9.17, 15) is 0 Å². The number of methoxy groups -OCH3 is 4. The Morgan fingerprint density at radius 2 is 1.41 bits per heavy atom.